The van der Waals surface area contributed by atoms with Crippen LogP contribution in [0, 0.1) is 11.3 Å². The summed E-state index contributed by atoms with van der Waals surface area (Å²) < 4.78 is 0. The van der Waals surface area contributed by atoms with Crippen molar-refractivity contribution >= 4 is 23.2 Å². The van der Waals surface area contributed by atoms with Crippen LogP contribution in [0.25, 0.3) is 0 Å². The molecule has 2 aromatic carbocycles. The van der Waals surface area contributed by atoms with Crippen molar-refractivity contribution < 1.29 is 0 Å². The normalized spacial score (nSPS) is 12.2. The third-order valence-corrected chi connectivity index (χ3v) is 4.19. The van der Waals surface area contributed by atoms with Crippen LogP contribution in [0.15, 0.2) is 42.5 Å². The molecule has 0 aromatic heterocycles. The molecule has 0 aliphatic heterocycles. The monoisotopic (exact) mass is 317 g/mol. The zero-order valence-electron chi connectivity index (χ0n) is 12.1. The first-order valence-corrected chi connectivity index (χ1v) is 7.70. The van der Waals surface area contributed by atoms with Crippen molar-refractivity contribution in [1.82, 2.24) is 0 Å². The Kier molecular flexibility index (Phi) is 5.28. The lowest BCUT2D eigenvalue weighted by Gasteiger charge is -2.13. The summed E-state index contributed by atoms with van der Waals surface area (Å²) in [5.74, 6) is 0.287. The average Bonchev–Trinajstić information content (AvgIpc) is 2.47. The van der Waals surface area contributed by atoms with Gasteiger partial charge in [-0.3, -0.25) is 0 Å². The maximum absolute atomic E-state index is 9.45. The Hall–Kier alpha value is -1.49. The zero-order valence-corrected chi connectivity index (χ0v) is 13.6. The number of benzene rings is 2. The number of halogens is 2. The van der Waals surface area contributed by atoms with E-state index >= 15 is 0 Å². The second kappa shape index (κ2) is 6.98. The van der Waals surface area contributed by atoms with Crippen molar-refractivity contribution in [3.8, 4) is 6.07 Å². The largest absolute Gasteiger partial charge is 0.198 e. The smallest absolute Gasteiger partial charge is 0.0753 e. The number of hydrogen-bond acceptors (Lipinski definition) is 1. The molecule has 0 radical (unpaired) electrons. The van der Waals surface area contributed by atoms with Crippen LogP contribution in [-0.2, 0) is 6.42 Å². The maximum Gasteiger partial charge on any atom is 0.0753 e. The summed E-state index contributed by atoms with van der Waals surface area (Å²) in [5, 5.41) is 10.7. The van der Waals surface area contributed by atoms with E-state index in [0.717, 1.165) is 11.1 Å². The van der Waals surface area contributed by atoms with Crippen LogP contribution in [0.4, 0.5) is 0 Å². The van der Waals surface area contributed by atoms with Gasteiger partial charge in [-0.2, -0.15) is 5.26 Å². The lowest BCUT2D eigenvalue weighted by atomic mass is 9.91. The highest BCUT2D eigenvalue weighted by molar-refractivity contribution is 6.35. The molecule has 0 aliphatic carbocycles. The number of hydrogen-bond donors (Lipinski definition) is 0. The van der Waals surface area contributed by atoms with Gasteiger partial charge in [0, 0.05) is 10.0 Å². The molecule has 108 valence electrons. The van der Waals surface area contributed by atoms with E-state index in [1.54, 1.807) is 12.1 Å². The van der Waals surface area contributed by atoms with Gasteiger partial charge in [0.25, 0.3) is 0 Å². The Morgan fingerprint density at radius 1 is 1.00 bits per heavy atom. The molecule has 0 bridgehead atoms. The van der Waals surface area contributed by atoms with Gasteiger partial charge in [-0.05, 0) is 41.2 Å². The minimum Gasteiger partial charge on any atom is -0.198 e. The molecule has 2 rings (SSSR count). The predicted molar refractivity (Wildman–Crippen MR) is 89.1 cm³/mol. The number of nitrogens with zero attached hydrogens (tertiary/aromatic N) is 1. The molecule has 1 atom stereocenters. The van der Waals surface area contributed by atoms with Gasteiger partial charge in [0.1, 0.15) is 0 Å². The van der Waals surface area contributed by atoms with Crippen LogP contribution in [0.3, 0.4) is 0 Å². The molecule has 0 N–H and O–H groups in total. The summed E-state index contributed by atoms with van der Waals surface area (Å²) in [7, 11) is 0. The Balaban J connectivity index is 2.22. The van der Waals surface area contributed by atoms with Gasteiger partial charge in [-0.15, -0.1) is 0 Å². The van der Waals surface area contributed by atoms with Gasteiger partial charge >= 0.3 is 0 Å². The predicted octanol–water partition coefficient (Wildman–Crippen LogP) is 5.97. The molecule has 0 amide bonds. The topological polar surface area (TPSA) is 23.8 Å². The van der Waals surface area contributed by atoms with Crippen LogP contribution >= 0.6 is 23.2 Å². The zero-order chi connectivity index (χ0) is 15.4. The minimum absolute atomic E-state index is 0.204. The fourth-order valence-corrected chi connectivity index (χ4v) is 2.74. The summed E-state index contributed by atoms with van der Waals surface area (Å²) in [6.45, 7) is 4.31. The second-order valence-corrected chi connectivity index (χ2v) is 6.29. The Morgan fingerprint density at radius 2 is 1.62 bits per heavy atom. The first-order valence-electron chi connectivity index (χ1n) is 6.94. The van der Waals surface area contributed by atoms with E-state index in [1.807, 2.05) is 18.2 Å². The molecular formula is C18H17Cl2N. The molecule has 0 heterocycles. The molecule has 2 aromatic rings. The molecule has 0 saturated carbocycles. The van der Waals surface area contributed by atoms with Gasteiger partial charge in [0.05, 0.1) is 12.0 Å². The lowest BCUT2D eigenvalue weighted by Crippen LogP contribution is -2.01. The molecule has 0 fully saturated rings. The third-order valence-electron chi connectivity index (χ3n) is 3.60. The van der Waals surface area contributed by atoms with E-state index in [1.165, 1.54) is 5.56 Å². The number of nitriles is 1. The molecule has 0 aliphatic rings. The van der Waals surface area contributed by atoms with E-state index in [2.05, 4.69) is 32.0 Å². The molecule has 21 heavy (non-hydrogen) atoms. The highest BCUT2D eigenvalue weighted by Crippen LogP contribution is 2.28. The maximum atomic E-state index is 9.45. The van der Waals surface area contributed by atoms with Crippen molar-refractivity contribution in [1.29, 1.82) is 5.26 Å². The van der Waals surface area contributed by atoms with Crippen LogP contribution in [-0.4, -0.2) is 0 Å². The van der Waals surface area contributed by atoms with Crippen LogP contribution in [0.2, 0.25) is 10.0 Å². The SMILES string of the molecule is CC(C)c1ccc(C(C#N)Cc2ccc(Cl)cc2Cl)cc1. The molecular weight excluding hydrogens is 301 g/mol. The summed E-state index contributed by atoms with van der Waals surface area (Å²) in [5.41, 5.74) is 3.24. The van der Waals surface area contributed by atoms with Gasteiger partial charge in [-0.1, -0.05) is 67.4 Å². The van der Waals surface area contributed by atoms with Crippen LogP contribution < -0.4 is 0 Å². The first-order chi connectivity index (χ1) is 10.0. The summed E-state index contributed by atoms with van der Waals surface area (Å²) in [6.07, 6.45) is 0.591. The van der Waals surface area contributed by atoms with Gasteiger partial charge in [-0.25, -0.2) is 0 Å². The van der Waals surface area contributed by atoms with Gasteiger partial charge in [0.15, 0.2) is 0 Å². The van der Waals surface area contributed by atoms with E-state index in [0.29, 0.717) is 22.4 Å². The standard InChI is InChI=1S/C18H17Cl2N/c1-12(2)13-3-5-14(6-4-13)16(11-21)9-15-7-8-17(19)10-18(15)20/h3-8,10,12,16H,9H2,1-2H3. The summed E-state index contributed by atoms with van der Waals surface area (Å²) in [6, 6.07) is 16.0. The highest BCUT2D eigenvalue weighted by atomic mass is 35.5. The van der Waals surface area contributed by atoms with Crippen molar-refractivity contribution in [3.63, 3.8) is 0 Å². The number of rotatable bonds is 4. The van der Waals surface area contributed by atoms with E-state index in [9.17, 15) is 5.26 Å². The Labute approximate surface area is 136 Å². The van der Waals surface area contributed by atoms with Crippen molar-refractivity contribution in [3.05, 3.63) is 69.2 Å². The summed E-state index contributed by atoms with van der Waals surface area (Å²) >= 11 is 12.1. The van der Waals surface area contributed by atoms with E-state index in [-0.39, 0.29) is 5.92 Å². The van der Waals surface area contributed by atoms with Crippen LogP contribution in [0.1, 0.15) is 42.4 Å². The van der Waals surface area contributed by atoms with Gasteiger partial charge < -0.3 is 0 Å². The fraction of sp³-hybridized carbons (Fsp3) is 0.278. The van der Waals surface area contributed by atoms with E-state index < -0.39 is 0 Å². The fourth-order valence-electron chi connectivity index (χ4n) is 2.26. The van der Waals surface area contributed by atoms with Crippen LogP contribution in [0.5, 0.6) is 0 Å². The van der Waals surface area contributed by atoms with Gasteiger partial charge in [0.2, 0.25) is 0 Å². The minimum atomic E-state index is -0.204. The van der Waals surface area contributed by atoms with Crippen molar-refractivity contribution in [2.75, 3.05) is 0 Å². The average molecular weight is 318 g/mol. The quantitative estimate of drug-likeness (QED) is 0.681. The second-order valence-electron chi connectivity index (χ2n) is 5.44. The molecule has 0 saturated heterocycles. The summed E-state index contributed by atoms with van der Waals surface area (Å²) in [4.78, 5) is 0. The molecule has 1 nitrogen and oxygen atoms in total. The van der Waals surface area contributed by atoms with E-state index in [4.69, 9.17) is 23.2 Å². The first kappa shape index (κ1) is 15.9. The Morgan fingerprint density at radius 3 is 2.14 bits per heavy atom. The van der Waals surface area contributed by atoms with Crippen molar-refractivity contribution in [2.45, 2.75) is 32.1 Å². The third kappa shape index (κ3) is 4.00. The van der Waals surface area contributed by atoms with Crippen molar-refractivity contribution in [2.24, 2.45) is 0 Å². The molecule has 3 heteroatoms. The Bertz CT molecular complexity index is 654. The highest BCUT2D eigenvalue weighted by Gasteiger charge is 2.14. The molecule has 1 unspecified atom stereocenters. The lowest BCUT2D eigenvalue weighted by molar-refractivity contribution is 0.837. The molecule has 0 spiro atoms.